The molecule has 1 aromatic carbocycles. The molecule has 1 unspecified atom stereocenters. The van der Waals surface area contributed by atoms with E-state index in [0.717, 1.165) is 5.56 Å². The number of rotatable bonds is 5. The van der Waals surface area contributed by atoms with Crippen LogP contribution in [0.25, 0.3) is 0 Å². The van der Waals surface area contributed by atoms with Crippen molar-refractivity contribution < 1.29 is 4.79 Å². The Morgan fingerprint density at radius 2 is 2.17 bits per heavy atom. The topological polar surface area (TPSA) is 55.1 Å². The first-order chi connectivity index (χ1) is 8.40. The number of carbonyl (C=O) groups is 1. The Balaban J connectivity index is 2.63. The number of thiocarbonyl (C=S) groups is 1. The number of nitrogens with two attached hydrogens (primary N) is 1. The molecule has 1 aromatic rings. The Morgan fingerprint density at radius 1 is 1.50 bits per heavy atom. The van der Waals surface area contributed by atoms with E-state index < -0.39 is 0 Å². The quantitative estimate of drug-likeness (QED) is 0.816. The summed E-state index contributed by atoms with van der Waals surface area (Å²) in [6.45, 7) is 3.92. The third kappa shape index (κ3) is 4.63. The van der Waals surface area contributed by atoms with E-state index in [9.17, 15) is 4.79 Å². The van der Waals surface area contributed by atoms with Crippen LogP contribution < -0.4 is 11.1 Å². The molecule has 1 atom stereocenters. The second-order valence-corrected chi connectivity index (χ2v) is 5.41. The van der Waals surface area contributed by atoms with Gasteiger partial charge >= 0.3 is 0 Å². The highest BCUT2D eigenvalue weighted by Crippen LogP contribution is 2.11. The first kappa shape index (κ1) is 14.9. The average molecular weight is 285 g/mol. The number of hydrogen-bond donors (Lipinski definition) is 2. The molecule has 0 aliphatic carbocycles. The highest BCUT2D eigenvalue weighted by molar-refractivity contribution is 7.80. The van der Waals surface area contributed by atoms with Crippen LogP contribution >= 0.6 is 23.8 Å². The van der Waals surface area contributed by atoms with Gasteiger partial charge in [-0.05, 0) is 23.6 Å². The molecule has 0 aliphatic rings. The normalized spacial score (nSPS) is 12.2. The van der Waals surface area contributed by atoms with Crippen LogP contribution in [0.3, 0.4) is 0 Å². The molecule has 3 N–H and O–H groups in total. The van der Waals surface area contributed by atoms with E-state index in [4.69, 9.17) is 29.6 Å². The Hall–Kier alpha value is -1.13. The summed E-state index contributed by atoms with van der Waals surface area (Å²) >= 11 is 10.8. The van der Waals surface area contributed by atoms with Gasteiger partial charge in [-0.1, -0.05) is 49.8 Å². The molecule has 1 rings (SSSR count). The molecule has 0 fully saturated rings. The van der Waals surface area contributed by atoms with Crippen molar-refractivity contribution in [2.45, 2.75) is 26.3 Å². The van der Waals surface area contributed by atoms with Crippen molar-refractivity contribution >= 4 is 34.7 Å². The molecule has 3 nitrogen and oxygen atoms in total. The van der Waals surface area contributed by atoms with Crippen molar-refractivity contribution in [2.75, 3.05) is 0 Å². The maximum absolute atomic E-state index is 11.9. The molecule has 98 valence electrons. The van der Waals surface area contributed by atoms with Gasteiger partial charge < -0.3 is 11.1 Å². The van der Waals surface area contributed by atoms with Gasteiger partial charge in [0.15, 0.2) is 0 Å². The molecule has 1 amide bonds. The van der Waals surface area contributed by atoms with Crippen LogP contribution in [0.2, 0.25) is 5.02 Å². The zero-order valence-electron chi connectivity index (χ0n) is 10.4. The molecular weight excluding hydrogens is 268 g/mol. The van der Waals surface area contributed by atoms with Crippen molar-refractivity contribution in [3.63, 3.8) is 0 Å². The zero-order valence-corrected chi connectivity index (χ0v) is 12.0. The molecule has 0 radical (unpaired) electrons. The van der Waals surface area contributed by atoms with Gasteiger partial charge in [0.2, 0.25) is 5.91 Å². The van der Waals surface area contributed by atoms with Gasteiger partial charge in [-0.2, -0.15) is 0 Å². The summed E-state index contributed by atoms with van der Waals surface area (Å²) in [6.07, 6.45) is 0.270. The van der Waals surface area contributed by atoms with Gasteiger partial charge in [0.1, 0.15) is 0 Å². The Bertz CT molecular complexity index is 448. The van der Waals surface area contributed by atoms with Crippen molar-refractivity contribution in [3.05, 3.63) is 34.9 Å². The maximum Gasteiger partial charge on any atom is 0.224 e. The highest BCUT2D eigenvalue weighted by Gasteiger charge is 2.18. The summed E-state index contributed by atoms with van der Waals surface area (Å²) in [7, 11) is 0. The van der Waals surface area contributed by atoms with Crippen molar-refractivity contribution in [1.29, 1.82) is 0 Å². The third-order valence-corrected chi connectivity index (χ3v) is 3.03. The van der Waals surface area contributed by atoms with Crippen molar-refractivity contribution in [1.82, 2.24) is 5.32 Å². The zero-order chi connectivity index (χ0) is 13.7. The van der Waals surface area contributed by atoms with E-state index in [1.54, 1.807) is 12.1 Å². The van der Waals surface area contributed by atoms with E-state index in [-0.39, 0.29) is 24.3 Å². The van der Waals surface area contributed by atoms with E-state index in [1.165, 1.54) is 0 Å². The minimum absolute atomic E-state index is 0.108. The molecule has 0 saturated heterocycles. The van der Waals surface area contributed by atoms with E-state index in [1.807, 2.05) is 26.0 Å². The predicted molar refractivity (Wildman–Crippen MR) is 78.7 cm³/mol. The SMILES string of the molecule is CC(C)C(NC(=O)Cc1cccc(Cl)c1)C(N)=S. The van der Waals surface area contributed by atoms with Crippen LogP contribution in [0, 0.1) is 5.92 Å². The molecule has 0 aliphatic heterocycles. The van der Waals surface area contributed by atoms with Gasteiger partial charge in [-0.3, -0.25) is 4.79 Å². The summed E-state index contributed by atoms with van der Waals surface area (Å²) in [5.41, 5.74) is 6.47. The summed E-state index contributed by atoms with van der Waals surface area (Å²) < 4.78 is 0. The Kier molecular flexibility index (Phi) is 5.56. The second kappa shape index (κ2) is 6.71. The van der Waals surface area contributed by atoms with Crippen LogP contribution in [0.1, 0.15) is 19.4 Å². The fraction of sp³-hybridized carbons (Fsp3) is 0.385. The van der Waals surface area contributed by atoms with Gasteiger partial charge in [-0.25, -0.2) is 0 Å². The Labute approximate surface area is 118 Å². The summed E-state index contributed by atoms with van der Waals surface area (Å²) in [4.78, 5) is 12.2. The number of hydrogen-bond acceptors (Lipinski definition) is 2. The summed E-state index contributed by atoms with van der Waals surface area (Å²) in [5, 5.41) is 3.46. The lowest BCUT2D eigenvalue weighted by atomic mass is 10.0. The standard InChI is InChI=1S/C13H17ClN2OS/c1-8(2)12(13(15)18)16-11(17)7-9-4-3-5-10(14)6-9/h3-6,8,12H,7H2,1-2H3,(H2,15,18)(H,16,17). The van der Waals surface area contributed by atoms with Crippen LogP contribution in [-0.4, -0.2) is 16.9 Å². The second-order valence-electron chi connectivity index (χ2n) is 4.50. The molecule has 0 bridgehead atoms. The molecule has 0 spiro atoms. The van der Waals surface area contributed by atoms with E-state index >= 15 is 0 Å². The first-order valence-corrected chi connectivity index (χ1v) is 6.52. The van der Waals surface area contributed by atoms with E-state index in [0.29, 0.717) is 10.0 Å². The lowest BCUT2D eigenvalue weighted by Gasteiger charge is -2.21. The van der Waals surface area contributed by atoms with Crippen LogP contribution in [0.5, 0.6) is 0 Å². The third-order valence-electron chi connectivity index (χ3n) is 2.54. The first-order valence-electron chi connectivity index (χ1n) is 5.73. The van der Waals surface area contributed by atoms with E-state index in [2.05, 4.69) is 5.32 Å². The van der Waals surface area contributed by atoms with Gasteiger partial charge in [0, 0.05) is 5.02 Å². The molecular formula is C13H17ClN2OS. The van der Waals surface area contributed by atoms with Crippen LogP contribution in [-0.2, 0) is 11.2 Å². The fourth-order valence-corrected chi connectivity index (χ4v) is 2.17. The molecule has 0 aromatic heterocycles. The fourth-order valence-electron chi connectivity index (χ4n) is 1.62. The monoisotopic (exact) mass is 284 g/mol. The van der Waals surface area contributed by atoms with Crippen molar-refractivity contribution in [3.8, 4) is 0 Å². The number of benzene rings is 1. The average Bonchev–Trinajstić information content (AvgIpc) is 2.25. The lowest BCUT2D eigenvalue weighted by Crippen LogP contribution is -2.47. The summed E-state index contributed by atoms with van der Waals surface area (Å²) in [6, 6.07) is 6.95. The van der Waals surface area contributed by atoms with Crippen molar-refractivity contribution in [2.24, 2.45) is 11.7 Å². The van der Waals surface area contributed by atoms with Gasteiger partial charge in [0.25, 0.3) is 0 Å². The molecule has 0 saturated carbocycles. The molecule has 18 heavy (non-hydrogen) atoms. The smallest absolute Gasteiger partial charge is 0.224 e. The summed E-state index contributed by atoms with van der Waals surface area (Å²) in [5.74, 6) is 0.0644. The largest absolute Gasteiger partial charge is 0.392 e. The van der Waals surface area contributed by atoms with Gasteiger partial charge in [0.05, 0.1) is 17.5 Å². The number of halogens is 1. The molecule has 5 heteroatoms. The minimum atomic E-state index is -0.272. The number of carbonyl (C=O) groups excluding carboxylic acids is 1. The molecule has 0 heterocycles. The number of nitrogens with one attached hydrogen (secondary N) is 1. The predicted octanol–water partition coefficient (Wildman–Crippen LogP) is 2.31. The Morgan fingerprint density at radius 3 is 2.67 bits per heavy atom. The van der Waals surface area contributed by atoms with Crippen LogP contribution in [0.4, 0.5) is 0 Å². The lowest BCUT2D eigenvalue weighted by molar-refractivity contribution is -0.120. The van der Waals surface area contributed by atoms with Crippen LogP contribution in [0.15, 0.2) is 24.3 Å². The maximum atomic E-state index is 11.9. The minimum Gasteiger partial charge on any atom is -0.392 e. The van der Waals surface area contributed by atoms with Gasteiger partial charge in [-0.15, -0.1) is 0 Å². The number of amides is 1. The highest BCUT2D eigenvalue weighted by atomic mass is 35.5.